The summed E-state index contributed by atoms with van der Waals surface area (Å²) in [5.41, 5.74) is 0.833. The van der Waals surface area contributed by atoms with Gasteiger partial charge in [0.2, 0.25) is 0 Å². The number of carbonyl (C=O) groups excluding carboxylic acids is 1. The van der Waals surface area contributed by atoms with Crippen molar-refractivity contribution < 1.29 is 13.2 Å². The molecule has 1 aromatic heterocycles. The first kappa shape index (κ1) is 22.6. The van der Waals surface area contributed by atoms with Crippen LogP contribution in [0.5, 0.6) is 0 Å². The van der Waals surface area contributed by atoms with Crippen molar-refractivity contribution in [3.8, 4) is 0 Å². The lowest BCUT2D eigenvalue weighted by atomic mass is 9.96. The van der Waals surface area contributed by atoms with Crippen LogP contribution in [0.25, 0.3) is 0 Å². The van der Waals surface area contributed by atoms with Crippen molar-refractivity contribution in [2.75, 3.05) is 17.8 Å². The normalized spacial score (nSPS) is 18.7. The molecule has 9 heteroatoms. The van der Waals surface area contributed by atoms with Gasteiger partial charge in [0.25, 0.3) is 15.9 Å². The monoisotopic (exact) mass is 479 g/mol. The Morgan fingerprint density at radius 3 is 2.65 bits per heavy atom. The highest BCUT2D eigenvalue weighted by molar-refractivity contribution is 7.92. The van der Waals surface area contributed by atoms with Gasteiger partial charge in [0.1, 0.15) is 11.6 Å². The number of anilines is 1. The average molecular weight is 480 g/mol. The van der Waals surface area contributed by atoms with E-state index >= 15 is 0 Å². The maximum absolute atomic E-state index is 13.4. The highest BCUT2D eigenvalue weighted by Gasteiger charge is 2.30. The van der Waals surface area contributed by atoms with Gasteiger partial charge in [0.15, 0.2) is 0 Å². The van der Waals surface area contributed by atoms with Crippen LogP contribution in [-0.4, -0.2) is 47.1 Å². The van der Waals surface area contributed by atoms with Crippen molar-refractivity contribution in [3.63, 3.8) is 0 Å². The summed E-state index contributed by atoms with van der Waals surface area (Å²) in [7, 11) is -3.72. The van der Waals surface area contributed by atoms with Crippen molar-refractivity contribution in [1.29, 1.82) is 0 Å². The van der Waals surface area contributed by atoms with E-state index in [1.165, 1.54) is 18.6 Å². The Bertz CT molecular complexity index is 1270. The van der Waals surface area contributed by atoms with E-state index in [0.717, 1.165) is 50.3 Å². The number of sulfonamides is 1. The highest BCUT2D eigenvalue weighted by atomic mass is 32.2. The van der Waals surface area contributed by atoms with Crippen LogP contribution in [-0.2, 0) is 23.0 Å². The molecule has 2 aromatic carbocycles. The molecule has 1 atom stereocenters. The zero-order valence-corrected chi connectivity index (χ0v) is 19.9. The molecule has 1 saturated heterocycles. The van der Waals surface area contributed by atoms with Crippen LogP contribution in [0, 0.1) is 0 Å². The molecule has 0 saturated carbocycles. The number of hydrogen-bond acceptors (Lipinski definition) is 5. The summed E-state index contributed by atoms with van der Waals surface area (Å²) in [6.45, 7) is 2.22. The Balaban J connectivity index is 1.32. The largest absolute Gasteiger partial charge is 0.338 e. The minimum atomic E-state index is -3.72. The summed E-state index contributed by atoms with van der Waals surface area (Å²) in [5.74, 6) is 2.13. The molecule has 1 N–H and O–H groups in total. The topological polar surface area (TPSA) is 97.2 Å². The number of aryl methyl sites for hydroxylation is 1. The predicted octanol–water partition coefficient (Wildman–Crippen LogP) is 3.83. The van der Waals surface area contributed by atoms with Gasteiger partial charge in [-0.05, 0) is 56.0 Å². The van der Waals surface area contributed by atoms with Gasteiger partial charge in [-0.1, -0.05) is 30.7 Å². The summed E-state index contributed by atoms with van der Waals surface area (Å²) in [6.07, 6.45) is 6.35. The van der Waals surface area contributed by atoms with Gasteiger partial charge in [-0.3, -0.25) is 9.52 Å². The second-order valence-electron chi connectivity index (χ2n) is 9.03. The van der Waals surface area contributed by atoms with Crippen molar-refractivity contribution >= 4 is 21.6 Å². The van der Waals surface area contributed by atoms with Crippen molar-refractivity contribution in [2.24, 2.45) is 0 Å². The van der Waals surface area contributed by atoms with E-state index in [1.54, 1.807) is 42.5 Å². The molecule has 3 heterocycles. The Morgan fingerprint density at radius 1 is 0.941 bits per heavy atom. The number of amides is 1. The van der Waals surface area contributed by atoms with E-state index in [-0.39, 0.29) is 16.7 Å². The predicted molar refractivity (Wildman–Crippen MR) is 129 cm³/mol. The van der Waals surface area contributed by atoms with Gasteiger partial charge in [0, 0.05) is 43.2 Å². The molecule has 1 amide bonds. The minimum absolute atomic E-state index is 0.0962. The van der Waals surface area contributed by atoms with Crippen LogP contribution >= 0.6 is 0 Å². The number of nitrogens with one attached hydrogen (secondary N) is 1. The number of carbonyl (C=O) groups is 1. The minimum Gasteiger partial charge on any atom is -0.338 e. The van der Waals surface area contributed by atoms with Crippen LogP contribution in [0.3, 0.4) is 0 Å². The van der Waals surface area contributed by atoms with E-state index in [1.807, 2.05) is 4.90 Å². The number of rotatable bonds is 5. The molecular weight excluding hydrogens is 450 g/mol. The van der Waals surface area contributed by atoms with Crippen molar-refractivity contribution in [2.45, 2.75) is 55.9 Å². The van der Waals surface area contributed by atoms with E-state index < -0.39 is 10.0 Å². The summed E-state index contributed by atoms with van der Waals surface area (Å²) in [5, 5.41) is 8.95. The average Bonchev–Trinajstić information content (AvgIpc) is 3.12. The summed E-state index contributed by atoms with van der Waals surface area (Å²) >= 11 is 0. The summed E-state index contributed by atoms with van der Waals surface area (Å²) in [4.78, 5) is 15.4. The van der Waals surface area contributed by atoms with Gasteiger partial charge in [-0.15, -0.1) is 10.2 Å². The zero-order valence-electron chi connectivity index (χ0n) is 19.1. The fourth-order valence-electron chi connectivity index (χ4n) is 4.89. The standard InChI is InChI=1S/C25H29N5O3S/c31-25(19-9-7-11-21(17-19)28-34(32,33)22-12-3-1-4-13-22)29-15-8-10-20(18-29)24-27-26-23-14-5-2-6-16-30(23)24/h1,3-4,7,9,11-13,17,20,28H,2,5-6,8,10,14-16,18H2. The number of fused-ring (bicyclic) bond motifs is 1. The van der Waals surface area contributed by atoms with Crippen molar-refractivity contribution in [3.05, 3.63) is 71.8 Å². The van der Waals surface area contributed by atoms with Gasteiger partial charge >= 0.3 is 0 Å². The second kappa shape index (κ2) is 9.58. The molecule has 0 spiro atoms. The number of hydrogen-bond donors (Lipinski definition) is 1. The van der Waals surface area contributed by atoms with Crippen LogP contribution in [0.4, 0.5) is 5.69 Å². The third kappa shape index (κ3) is 4.70. The first-order valence-electron chi connectivity index (χ1n) is 11.9. The molecule has 5 rings (SSSR count). The lowest BCUT2D eigenvalue weighted by molar-refractivity contribution is 0.0703. The molecule has 2 aliphatic heterocycles. The molecule has 3 aromatic rings. The Morgan fingerprint density at radius 2 is 1.79 bits per heavy atom. The van der Waals surface area contributed by atoms with E-state index in [9.17, 15) is 13.2 Å². The van der Waals surface area contributed by atoms with Gasteiger partial charge in [-0.2, -0.15) is 0 Å². The molecular formula is C25H29N5O3S. The maximum atomic E-state index is 13.4. The molecule has 2 aliphatic rings. The number of nitrogens with zero attached hydrogens (tertiary/aromatic N) is 4. The summed E-state index contributed by atoms with van der Waals surface area (Å²) < 4.78 is 30.2. The zero-order chi connectivity index (χ0) is 23.5. The third-order valence-corrected chi connectivity index (χ3v) is 8.02. The molecule has 178 valence electrons. The first-order chi connectivity index (χ1) is 16.5. The Labute approximate surface area is 200 Å². The highest BCUT2D eigenvalue weighted by Crippen LogP contribution is 2.29. The number of benzene rings is 2. The van der Waals surface area contributed by atoms with E-state index in [2.05, 4.69) is 19.5 Å². The molecule has 0 bridgehead atoms. The lowest BCUT2D eigenvalue weighted by Crippen LogP contribution is -2.39. The third-order valence-electron chi connectivity index (χ3n) is 6.63. The van der Waals surface area contributed by atoms with Gasteiger partial charge in [-0.25, -0.2) is 8.42 Å². The molecule has 1 unspecified atom stereocenters. The van der Waals surface area contributed by atoms with Crippen LogP contribution in [0.2, 0.25) is 0 Å². The van der Waals surface area contributed by atoms with Gasteiger partial charge < -0.3 is 9.47 Å². The fraction of sp³-hybridized carbons (Fsp3) is 0.400. The first-order valence-corrected chi connectivity index (χ1v) is 13.4. The van der Waals surface area contributed by atoms with E-state index in [4.69, 9.17) is 0 Å². The SMILES string of the molecule is O=C(c1cccc(NS(=O)(=O)c2ccccc2)c1)N1CCCC(c2nnc3n2CCCCC3)C1. The van der Waals surface area contributed by atoms with Crippen LogP contribution in [0.15, 0.2) is 59.5 Å². The van der Waals surface area contributed by atoms with E-state index in [0.29, 0.717) is 24.3 Å². The Kier molecular flexibility index (Phi) is 6.36. The van der Waals surface area contributed by atoms with Crippen molar-refractivity contribution in [1.82, 2.24) is 19.7 Å². The fourth-order valence-corrected chi connectivity index (χ4v) is 5.96. The summed E-state index contributed by atoms with van der Waals surface area (Å²) in [6, 6.07) is 14.9. The van der Waals surface area contributed by atoms with Crippen LogP contribution < -0.4 is 4.72 Å². The molecule has 34 heavy (non-hydrogen) atoms. The molecule has 1 fully saturated rings. The maximum Gasteiger partial charge on any atom is 0.261 e. The van der Waals surface area contributed by atoms with Crippen LogP contribution in [0.1, 0.15) is 60.0 Å². The number of piperidine rings is 1. The smallest absolute Gasteiger partial charge is 0.261 e. The quantitative estimate of drug-likeness (QED) is 0.600. The Hall–Kier alpha value is -3.20. The number of likely N-dealkylation sites (tertiary alicyclic amines) is 1. The molecule has 0 aliphatic carbocycles. The molecule has 0 radical (unpaired) electrons. The second-order valence-corrected chi connectivity index (χ2v) is 10.7. The molecule has 8 nitrogen and oxygen atoms in total. The number of aromatic nitrogens is 3. The lowest BCUT2D eigenvalue weighted by Gasteiger charge is -2.32. The van der Waals surface area contributed by atoms with Gasteiger partial charge in [0.05, 0.1) is 4.90 Å².